The van der Waals surface area contributed by atoms with E-state index in [1.165, 1.54) is 4.90 Å². The number of hydrogen-bond donors (Lipinski definition) is 1. The summed E-state index contributed by atoms with van der Waals surface area (Å²) >= 11 is 0. The monoisotopic (exact) mass is 396 g/mol. The quantitative estimate of drug-likeness (QED) is 0.694. The van der Waals surface area contributed by atoms with Crippen LogP contribution in [0.5, 0.6) is 0 Å². The van der Waals surface area contributed by atoms with Crippen LogP contribution in [0.25, 0.3) is 0 Å². The summed E-state index contributed by atoms with van der Waals surface area (Å²) in [5, 5.41) is 2.61. The van der Waals surface area contributed by atoms with Crippen LogP contribution in [-0.2, 0) is 19.4 Å². The van der Waals surface area contributed by atoms with Crippen LogP contribution >= 0.6 is 0 Å². The summed E-state index contributed by atoms with van der Waals surface area (Å²) < 4.78 is 23.6. The molecular formula is C18H28N4O4S. The van der Waals surface area contributed by atoms with Crippen molar-refractivity contribution in [1.29, 1.82) is 0 Å². The molecule has 8 nitrogen and oxygen atoms in total. The van der Waals surface area contributed by atoms with E-state index in [0.717, 1.165) is 5.69 Å². The van der Waals surface area contributed by atoms with Gasteiger partial charge in [0.1, 0.15) is 0 Å². The Labute approximate surface area is 161 Å². The van der Waals surface area contributed by atoms with Crippen LogP contribution < -0.4 is 10.2 Å². The van der Waals surface area contributed by atoms with Gasteiger partial charge in [-0.25, -0.2) is 8.42 Å². The van der Waals surface area contributed by atoms with Gasteiger partial charge in [0.25, 0.3) is 0 Å². The lowest BCUT2D eigenvalue weighted by atomic mass is 10.2. The number of rotatable bonds is 6. The molecule has 1 N–H and O–H groups in total. The van der Waals surface area contributed by atoms with Gasteiger partial charge in [0, 0.05) is 44.6 Å². The predicted octanol–water partition coefficient (Wildman–Crippen LogP) is 0.268. The van der Waals surface area contributed by atoms with E-state index in [9.17, 15) is 18.0 Å². The zero-order valence-corrected chi connectivity index (χ0v) is 17.1. The molecule has 27 heavy (non-hydrogen) atoms. The standard InChI is InChI=1S/C18H28N4O4S/c1-20(2)10-11-22(16-9-12-27(25,26)13-16)18(24)17(23)19-14-5-7-15(8-6-14)21(3)4/h5-8,16H,9-13H2,1-4H3,(H,19,23). The normalized spacial score (nSPS) is 18.3. The molecule has 1 aromatic carbocycles. The summed E-state index contributed by atoms with van der Waals surface area (Å²) in [6, 6.07) is 6.68. The van der Waals surface area contributed by atoms with E-state index >= 15 is 0 Å². The molecule has 0 spiro atoms. The third-order valence-electron chi connectivity index (χ3n) is 4.53. The third kappa shape index (κ3) is 5.93. The maximum Gasteiger partial charge on any atom is 0.313 e. The Morgan fingerprint density at radius 2 is 1.70 bits per heavy atom. The first-order valence-corrected chi connectivity index (χ1v) is 10.7. The Morgan fingerprint density at radius 3 is 2.19 bits per heavy atom. The summed E-state index contributed by atoms with van der Waals surface area (Å²) in [4.78, 5) is 30.4. The second kappa shape index (κ2) is 8.71. The van der Waals surface area contributed by atoms with Crippen molar-refractivity contribution in [2.24, 2.45) is 0 Å². The number of likely N-dealkylation sites (N-methyl/N-ethyl adjacent to an activating group) is 1. The van der Waals surface area contributed by atoms with Gasteiger partial charge in [-0.3, -0.25) is 9.59 Å². The van der Waals surface area contributed by atoms with Gasteiger partial charge >= 0.3 is 11.8 Å². The fraction of sp³-hybridized carbons (Fsp3) is 0.556. The van der Waals surface area contributed by atoms with Gasteiger partial charge in [-0.05, 0) is 44.8 Å². The number of carbonyl (C=O) groups is 2. The smallest absolute Gasteiger partial charge is 0.313 e. The molecule has 0 saturated carbocycles. The lowest BCUT2D eigenvalue weighted by Gasteiger charge is -2.28. The summed E-state index contributed by atoms with van der Waals surface area (Å²) in [7, 11) is 4.39. The average Bonchev–Trinajstić information content (AvgIpc) is 2.94. The minimum Gasteiger partial charge on any atom is -0.378 e. The minimum absolute atomic E-state index is 0.0526. The fourth-order valence-corrected chi connectivity index (χ4v) is 4.67. The van der Waals surface area contributed by atoms with Crippen LogP contribution in [0.4, 0.5) is 11.4 Å². The van der Waals surface area contributed by atoms with E-state index in [1.54, 1.807) is 12.1 Å². The molecule has 0 aliphatic carbocycles. The average molecular weight is 397 g/mol. The van der Waals surface area contributed by atoms with Crippen molar-refractivity contribution in [3.8, 4) is 0 Å². The molecule has 1 saturated heterocycles. The second-order valence-electron chi connectivity index (χ2n) is 7.25. The molecule has 9 heteroatoms. The lowest BCUT2D eigenvalue weighted by molar-refractivity contribution is -0.144. The molecule has 1 aliphatic heterocycles. The number of amides is 2. The summed E-state index contributed by atoms with van der Waals surface area (Å²) in [5.74, 6) is -1.49. The fourth-order valence-electron chi connectivity index (χ4n) is 2.94. The number of nitrogens with zero attached hydrogens (tertiary/aromatic N) is 3. The van der Waals surface area contributed by atoms with Crippen molar-refractivity contribution in [3.05, 3.63) is 24.3 Å². The first-order chi connectivity index (χ1) is 12.6. The highest BCUT2D eigenvalue weighted by atomic mass is 32.2. The van der Waals surface area contributed by atoms with E-state index in [0.29, 0.717) is 25.2 Å². The van der Waals surface area contributed by atoms with Crippen molar-refractivity contribution in [2.45, 2.75) is 12.5 Å². The van der Waals surface area contributed by atoms with Gasteiger partial charge in [-0.2, -0.15) is 0 Å². The molecule has 0 bridgehead atoms. The number of anilines is 2. The van der Waals surface area contributed by atoms with Crippen LogP contribution in [0.1, 0.15) is 6.42 Å². The maximum atomic E-state index is 12.7. The molecule has 2 rings (SSSR count). The van der Waals surface area contributed by atoms with Crippen molar-refractivity contribution < 1.29 is 18.0 Å². The van der Waals surface area contributed by atoms with Gasteiger partial charge in [0.2, 0.25) is 0 Å². The number of benzene rings is 1. The van der Waals surface area contributed by atoms with Crippen molar-refractivity contribution in [2.75, 3.05) is 63.0 Å². The highest BCUT2D eigenvalue weighted by molar-refractivity contribution is 7.91. The molecular weight excluding hydrogens is 368 g/mol. The summed E-state index contributed by atoms with van der Waals surface area (Å²) in [6.07, 6.45) is 0.367. The van der Waals surface area contributed by atoms with Gasteiger partial charge in [-0.15, -0.1) is 0 Å². The molecule has 2 amide bonds. The number of carbonyl (C=O) groups excluding carboxylic acids is 2. The van der Waals surface area contributed by atoms with Crippen LogP contribution in [0, 0.1) is 0 Å². The zero-order chi connectivity index (χ0) is 20.2. The second-order valence-corrected chi connectivity index (χ2v) is 9.48. The molecule has 1 atom stereocenters. The van der Waals surface area contributed by atoms with Gasteiger partial charge in [0.15, 0.2) is 9.84 Å². The zero-order valence-electron chi connectivity index (χ0n) is 16.3. The van der Waals surface area contributed by atoms with Crippen LogP contribution in [0.2, 0.25) is 0 Å². The van der Waals surface area contributed by atoms with Crippen LogP contribution in [0.3, 0.4) is 0 Å². The molecule has 1 unspecified atom stereocenters. The Kier molecular flexibility index (Phi) is 6.83. The highest BCUT2D eigenvalue weighted by Crippen LogP contribution is 2.19. The molecule has 1 aliphatic rings. The summed E-state index contributed by atoms with van der Waals surface area (Å²) in [5.41, 5.74) is 1.49. The minimum atomic E-state index is -3.15. The first kappa shape index (κ1) is 21.2. The largest absolute Gasteiger partial charge is 0.378 e. The Balaban J connectivity index is 2.09. The highest BCUT2D eigenvalue weighted by Gasteiger charge is 2.36. The van der Waals surface area contributed by atoms with Crippen molar-refractivity contribution >= 4 is 33.0 Å². The molecule has 1 fully saturated rings. The molecule has 1 aromatic rings. The number of hydrogen-bond acceptors (Lipinski definition) is 6. The van der Waals surface area contributed by atoms with Gasteiger partial charge < -0.3 is 20.0 Å². The van der Waals surface area contributed by atoms with E-state index < -0.39 is 27.7 Å². The molecule has 1 heterocycles. The topological polar surface area (TPSA) is 90.0 Å². The predicted molar refractivity (Wildman–Crippen MR) is 107 cm³/mol. The molecule has 0 radical (unpaired) electrons. The number of nitrogens with one attached hydrogen (secondary N) is 1. The Bertz CT molecular complexity index is 775. The summed E-state index contributed by atoms with van der Waals surface area (Å²) in [6.45, 7) is 0.853. The van der Waals surface area contributed by atoms with Crippen molar-refractivity contribution in [1.82, 2.24) is 9.80 Å². The van der Waals surface area contributed by atoms with Crippen molar-refractivity contribution in [3.63, 3.8) is 0 Å². The number of sulfone groups is 1. The van der Waals surface area contributed by atoms with Crippen LogP contribution in [0.15, 0.2) is 24.3 Å². The van der Waals surface area contributed by atoms with E-state index in [2.05, 4.69) is 5.32 Å². The lowest BCUT2D eigenvalue weighted by Crippen LogP contribution is -2.48. The van der Waals surface area contributed by atoms with Gasteiger partial charge in [0.05, 0.1) is 11.5 Å². The molecule has 150 valence electrons. The Morgan fingerprint density at radius 1 is 1.07 bits per heavy atom. The van der Waals surface area contributed by atoms with Gasteiger partial charge in [-0.1, -0.05) is 0 Å². The third-order valence-corrected chi connectivity index (χ3v) is 6.28. The SMILES string of the molecule is CN(C)CCN(C(=O)C(=O)Nc1ccc(N(C)C)cc1)C1CCS(=O)(=O)C1. The maximum absolute atomic E-state index is 12.7. The first-order valence-electron chi connectivity index (χ1n) is 8.83. The van der Waals surface area contributed by atoms with E-state index in [1.807, 2.05) is 50.1 Å². The molecule has 0 aromatic heterocycles. The Hall–Kier alpha value is -2.13. The van der Waals surface area contributed by atoms with E-state index in [4.69, 9.17) is 0 Å². The van der Waals surface area contributed by atoms with E-state index in [-0.39, 0.29) is 11.5 Å². The van der Waals surface area contributed by atoms with Crippen LogP contribution in [-0.4, -0.2) is 88.9 Å².